The molecular weight excluding hydrogens is 454 g/mol. The second-order valence-corrected chi connectivity index (χ2v) is 7.66. The Morgan fingerprint density at radius 1 is 1.20 bits per heavy atom. The van der Waals surface area contributed by atoms with Gasteiger partial charge in [0.15, 0.2) is 12.4 Å². The summed E-state index contributed by atoms with van der Waals surface area (Å²) in [5, 5.41) is 13.2. The Balaban J connectivity index is 1.69. The van der Waals surface area contributed by atoms with Crippen LogP contribution >= 0.6 is 15.9 Å². The van der Waals surface area contributed by atoms with Crippen LogP contribution in [-0.2, 0) is 9.53 Å². The first-order chi connectivity index (χ1) is 14.6. The third-order valence-corrected chi connectivity index (χ3v) is 5.23. The lowest BCUT2D eigenvalue weighted by Crippen LogP contribution is -2.39. The molecule has 1 aliphatic rings. The third kappa shape index (κ3) is 4.69. The Hall–Kier alpha value is -2.75. The van der Waals surface area contributed by atoms with Gasteiger partial charge in [-0.2, -0.15) is 4.98 Å². The summed E-state index contributed by atoms with van der Waals surface area (Å²) in [4.78, 5) is 17.8. The van der Waals surface area contributed by atoms with Crippen molar-refractivity contribution in [3.63, 3.8) is 0 Å². The van der Waals surface area contributed by atoms with Gasteiger partial charge in [0.05, 0.1) is 24.8 Å². The van der Waals surface area contributed by atoms with Gasteiger partial charge in [-0.05, 0) is 23.8 Å². The van der Waals surface area contributed by atoms with E-state index in [0.717, 1.165) is 23.1 Å². The molecule has 4 rings (SSSR count). The van der Waals surface area contributed by atoms with Crippen LogP contribution in [-0.4, -0.2) is 59.0 Å². The van der Waals surface area contributed by atoms with E-state index in [1.165, 1.54) is 0 Å². The van der Waals surface area contributed by atoms with E-state index in [-0.39, 0.29) is 11.9 Å². The van der Waals surface area contributed by atoms with Crippen LogP contribution in [0.2, 0.25) is 0 Å². The molecule has 2 heterocycles. The minimum atomic E-state index is -1.06. The van der Waals surface area contributed by atoms with Gasteiger partial charge in [-0.15, -0.1) is 0 Å². The largest absolute Gasteiger partial charge is 0.481 e. The van der Waals surface area contributed by atoms with Gasteiger partial charge >= 0.3 is 5.97 Å². The van der Waals surface area contributed by atoms with Gasteiger partial charge in [-0.25, -0.2) is 4.79 Å². The highest BCUT2D eigenvalue weighted by Crippen LogP contribution is 2.34. The van der Waals surface area contributed by atoms with E-state index >= 15 is 0 Å². The zero-order valence-electron chi connectivity index (χ0n) is 16.0. The highest BCUT2D eigenvalue weighted by Gasteiger charge is 2.29. The van der Waals surface area contributed by atoms with Gasteiger partial charge in [0.2, 0.25) is 0 Å². The Morgan fingerprint density at radius 2 is 1.97 bits per heavy atom. The third-order valence-electron chi connectivity index (χ3n) is 4.74. The lowest BCUT2D eigenvalue weighted by molar-refractivity contribution is -0.139. The highest BCUT2D eigenvalue weighted by molar-refractivity contribution is 9.10. The number of morpholine rings is 1. The second-order valence-electron chi connectivity index (χ2n) is 6.74. The molecule has 1 unspecified atom stereocenters. The van der Waals surface area contributed by atoms with Crippen molar-refractivity contribution < 1.29 is 23.9 Å². The first-order valence-electron chi connectivity index (χ1n) is 9.46. The monoisotopic (exact) mass is 473 g/mol. The maximum absolute atomic E-state index is 10.9. The number of carboxylic acid groups (broad SMARTS) is 1. The fourth-order valence-corrected chi connectivity index (χ4v) is 3.75. The van der Waals surface area contributed by atoms with Crippen molar-refractivity contribution in [2.75, 3.05) is 32.9 Å². The molecule has 0 aliphatic carbocycles. The topological polar surface area (TPSA) is 97.9 Å². The predicted octanol–water partition coefficient (Wildman–Crippen LogP) is 3.38. The number of ether oxygens (including phenoxy) is 2. The van der Waals surface area contributed by atoms with Crippen molar-refractivity contribution in [2.24, 2.45) is 0 Å². The van der Waals surface area contributed by atoms with Gasteiger partial charge in [0, 0.05) is 17.6 Å². The molecule has 0 radical (unpaired) electrons. The molecule has 3 aromatic rings. The molecule has 1 aromatic heterocycles. The van der Waals surface area contributed by atoms with Gasteiger partial charge in [0.25, 0.3) is 5.89 Å². The SMILES string of the molecule is O=C(O)COc1ccc(Br)cc1-c1nc(C(c2ccccc2)N2CCOCC2)no1. The summed E-state index contributed by atoms with van der Waals surface area (Å²) in [5.74, 6) is 0.0909. The van der Waals surface area contributed by atoms with Crippen LogP contribution in [0.5, 0.6) is 5.75 Å². The Morgan fingerprint density at radius 3 is 2.70 bits per heavy atom. The molecule has 0 bridgehead atoms. The minimum absolute atomic E-state index is 0.178. The molecule has 1 saturated heterocycles. The first kappa shape index (κ1) is 20.5. The van der Waals surface area contributed by atoms with Crippen LogP contribution < -0.4 is 4.74 Å². The number of carboxylic acids is 1. The van der Waals surface area contributed by atoms with E-state index in [1.807, 2.05) is 30.3 Å². The molecule has 156 valence electrons. The molecule has 1 N–H and O–H groups in total. The molecule has 1 aliphatic heterocycles. The summed E-state index contributed by atoms with van der Waals surface area (Å²) in [5.41, 5.74) is 1.58. The Bertz CT molecular complexity index is 1000. The van der Waals surface area contributed by atoms with Gasteiger partial charge in [-0.3, -0.25) is 4.90 Å². The molecule has 0 spiro atoms. The summed E-state index contributed by atoms with van der Waals surface area (Å²) in [6.07, 6.45) is 0. The maximum atomic E-state index is 10.9. The van der Waals surface area contributed by atoms with Crippen molar-refractivity contribution in [3.05, 3.63) is 64.4 Å². The maximum Gasteiger partial charge on any atom is 0.341 e. The van der Waals surface area contributed by atoms with E-state index in [2.05, 4.69) is 31.0 Å². The molecule has 8 nitrogen and oxygen atoms in total. The fraction of sp³-hybridized carbons (Fsp3) is 0.286. The van der Waals surface area contributed by atoms with Crippen LogP contribution in [0.15, 0.2) is 57.5 Å². The highest BCUT2D eigenvalue weighted by atomic mass is 79.9. The zero-order chi connectivity index (χ0) is 20.9. The molecule has 1 atom stereocenters. The number of aliphatic carboxylic acids is 1. The van der Waals surface area contributed by atoms with Crippen molar-refractivity contribution in [1.29, 1.82) is 0 Å². The van der Waals surface area contributed by atoms with E-state index in [0.29, 0.717) is 30.4 Å². The van der Waals surface area contributed by atoms with E-state index in [4.69, 9.17) is 19.1 Å². The van der Waals surface area contributed by atoms with E-state index in [9.17, 15) is 4.79 Å². The average Bonchev–Trinajstić information content (AvgIpc) is 3.24. The number of benzene rings is 2. The fourth-order valence-electron chi connectivity index (χ4n) is 3.38. The number of rotatable bonds is 7. The van der Waals surface area contributed by atoms with E-state index in [1.54, 1.807) is 18.2 Å². The Labute approximate surface area is 181 Å². The molecule has 30 heavy (non-hydrogen) atoms. The van der Waals surface area contributed by atoms with Crippen LogP contribution in [0.4, 0.5) is 0 Å². The number of aromatic nitrogens is 2. The van der Waals surface area contributed by atoms with Crippen molar-refractivity contribution >= 4 is 21.9 Å². The summed E-state index contributed by atoms with van der Waals surface area (Å²) in [7, 11) is 0. The van der Waals surface area contributed by atoms with Crippen LogP contribution in [0.1, 0.15) is 17.4 Å². The number of carbonyl (C=O) groups is 1. The Kier molecular flexibility index (Phi) is 6.41. The van der Waals surface area contributed by atoms with Gasteiger partial charge in [-0.1, -0.05) is 51.4 Å². The van der Waals surface area contributed by atoms with Crippen LogP contribution in [0.3, 0.4) is 0 Å². The van der Waals surface area contributed by atoms with Gasteiger partial charge in [0.1, 0.15) is 5.75 Å². The van der Waals surface area contributed by atoms with Crippen LogP contribution in [0, 0.1) is 0 Å². The molecular formula is C21H20BrN3O5. The van der Waals surface area contributed by atoms with Crippen molar-refractivity contribution in [1.82, 2.24) is 15.0 Å². The molecule has 1 fully saturated rings. The normalized spacial score (nSPS) is 15.6. The second kappa shape index (κ2) is 9.38. The number of halogens is 1. The summed E-state index contributed by atoms with van der Waals surface area (Å²) in [6.45, 7) is 2.34. The predicted molar refractivity (Wildman–Crippen MR) is 111 cm³/mol. The standard InChI is InChI=1S/C21H20BrN3O5/c22-15-6-7-17(29-13-18(26)27)16(12-15)21-23-20(24-30-21)19(14-4-2-1-3-5-14)25-8-10-28-11-9-25/h1-7,12,19H,8-11,13H2,(H,26,27). The first-order valence-corrected chi connectivity index (χ1v) is 10.3. The van der Waals surface area contributed by atoms with Crippen molar-refractivity contribution in [2.45, 2.75) is 6.04 Å². The quantitative estimate of drug-likeness (QED) is 0.557. The number of hydrogen-bond donors (Lipinski definition) is 1. The molecule has 0 amide bonds. The van der Waals surface area contributed by atoms with Gasteiger partial charge < -0.3 is 19.1 Å². The number of hydrogen-bond acceptors (Lipinski definition) is 7. The number of nitrogens with zero attached hydrogens (tertiary/aromatic N) is 3. The lowest BCUT2D eigenvalue weighted by Gasteiger charge is -2.32. The van der Waals surface area contributed by atoms with Crippen molar-refractivity contribution in [3.8, 4) is 17.2 Å². The summed E-state index contributed by atoms with van der Waals surface area (Å²) >= 11 is 3.42. The molecule has 9 heteroatoms. The zero-order valence-corrected chi connectivity index (χ0v) is 17.6. The smallest absolute Gasteiger partial charge is 0.341 e. The molecule has 0 saturated carbocycles. The average molecular weight is 474 g/mol. The molecule has 2 aromatic carbocycles. The summed E-state index contributed by atoms with van der Waals surface area (Å²) in [6, 6.07) is 15.0. The minimum Gasteiger partial charge on any atom is -0.481 e. The van der Waals surface area contributed by atoms with Crippen LogP contribution in [0.25, 0.3) is 11.5 Å². The summed E-state index contributed by atoms with van der Waals surface area (Å²) < 4.78 is 17.3. The van der Waals surface area contributed by atoms with E-state index < -0.39 is 12.6 Å². The lowest BCUT2D eigenvalue weighted by atomic mass is 10.0.